The Morgan fingerprint density at radius 1 is 1.31 bits per heavy atom. The summed E-state index contributed by atoms with van der Waals surface area (Å²) in [6, 6.07) is 4.25. The van der Waals surface area contributed by atoms with Crippen LogP contribution in [0.3, 0.4) is 0 Å². The van der Waals surface area contributed by atoms with Gasteiger partial charge in [-0.3, -0.25) is 10.2 Å². The van der Waals surface area contributed by atoms with Crippen LogP contribution in [0.25, 0.3) is 0 Å². The molecule has 3 rings (SSSR count). The Kier molecular flexibility index (Phi) is 8.63. The number of carboxylic acids is 1. The van der Waals surface area contributed by atoms with Gasteiger partial charge in [0, 0.05) is 19.6 Å². The fourth-order valence-corrected chi connectivity index (χ4v) is 6.83. The summed E-state index contributed by atoms with van der Waals surface area (Å²) < 4.78 is 27.2. The number of nitrogens with zero attached hydrogens (tertiary/aromatic N) is 1. The summed E-state index contributed by atoms with van der Waals surface area (Å²) in [4.78, 5) is 27.0. The summed E-state index contributed by atoms with van der Waals surface area (Å²) in [6.07, 6.45) is 2.44. The van der Waals surface area contributed by atoms with Crippen molar-refractivity contribution in [1.29, 1.82) is 5.41 Å². The SMILES string of the molecule is CC1CNc2c(cccc2S(=O)(=O)CC(CCCNC(=N)N)C(=O)N2CCC(C)CC2C(=O)O)C1. The lowest BCUT2D eigenvalue weighted by Crippen LogP contribution is -2.52. The smallest absolute Gasteiger partial charge is 0.326 e. The van der Waals surface area contributed by atoms with Crippen LogP contribution in [0.4, 0.5) is 5.69 Å². The highest BCUT2D eigenvalue weighted by molar-refractivity contribution is 7.91. The number of hydrogen-bond donors (Lipinski definition) is 5. The number of fused-ring (bicyclic) bond motifs is 1. The van der Waals surface area contributed by atoms with E-state index in [4.69, 9.17) is 11.1 Å². The van der Waals surface area contributed by atoms with Crippen molar-refractivity contribution in [2.45, 2.75) is 56.9 Å². The molecule has 0 aromatic heterocycles. The lowest BCUT2D eigenvalue weighted by Gasteiger charge is -2.38. The molecule has 2 heterocycles. The summed E-state index contributed by atoms with van der Waals surface area (Å²) in [5.74, 6) is -2.46. The zero-order valence-electron chi connectivity index (χ0n) is 20.4. The number of nitrogens with two attached hydrogens (primary N) is 1. The second-order valence-corrected chi connectivity index (χ2v) is 12.0. The first kappa shape index (κ1) is 26.8. The zero-order chi connectivity index (χ0) is 25.8. The Hall–Kier alpha value is -2.82. The molecule has 1 saturated heterocycles. The number of likely N-dealkylation sites (tertiary alicyclic amines) is 1. The molecule has 10 nitrogen and oxygen atoms in total. The van der Waals surface area contributed by atoms with Crippen molar-refractivity contribution >= 4 is 33.4 Å². The summed E-state index contributed by atoms with van der Waals surface area (Å²) in [5.41, 5.74) is 6.87. The van der Waals surface area contributed by atoms with E-state index in [1.165, 1.54) is 4.90 Å². The number of carbonyl (C=O) groups is 2. The normalized spacial score (nSPS) is 23.0. The van der Waals surface area contributed by atoms with Gasteiger partial charge in [-0.05, 0) is 55.6 Å². The summed E-state index contributed by atoms with van der Waals surface area (Å²) in [6.45, 7) is 5.34. The number of carboxylic acid groups (broad SMARTS) is 1. The van der Waals surface area contributed by atoms with Crippen LogP contribution >= 0.6 is 0 Å². The minimum Gasteiger partial charge on any atom is -0.480 e. The Labute approximate surface area is 207 Å². The van der Waals surface area contributed by atoms with Crippen molar-refractivity contribution in [3.05, 3.63) is 23.8 Å². The van der Waals surface area contributed by atoms with E-state index in [9.17, 15) is 23.1 Å². The van der Waals surface area contributed by atoms with Crippen molar-refractivity contribution in [2.75, 3.05) is 30.7 Å². The predicted octanol–water partition coefficient (Wildman–Crippen LogP) is 1.66. The summed E-state index contributed by atoms with van der Waals surface area (Å²) in [7, 11) is -3.85. The summed E-state index contributed by atoms with van der Waals surface area (Å²) >= 11 is 0. The number of anilines is 1. The molecule has 0 aliphatic carbocycles. The Morgan fingerprint density at radius 2 is 2.06 bits per heavy atom. The number of guanidine groups is 1. The largest absolute Gasteiger partial charge is 0.480 e. The molecule has 194 valence electrons. The number of aliphatic carboxylic acids is 1. The van der Waals surface area contributed by atoms with Crippen molar-refractivity contribution in [3.8, 4) is 0 Å². The van der Waals surface area contributed by atoms with Gasteiger partial charge in [-0.25, -0.2) is 13.2 Å². The molecule has 1 amide bonds. The standard InChI is InChI=1S/C24H37N5O5S/c1-15-8-10-29(19(12-15)23(31)32)22(30)18(6-4-9-27-24(25)26)14-35(33,34)20-7-3-5-17-11-16(2)13-28-21(17)20/h3,5,7,15-16,18-19,28H,4,6,8-14H2,1-2H3,(H,31,32)(H4,25,26,27). The number of sulfone groups is 1. The van der Waals surface area contributed by atoms with Gasteiger partial charge in [-0.2, -0.15) is 0 Å². The highest BCUT2D eigenvalue weighted by atomic mass is 32.2. The van der Waals surface area contributed by atoms with Gasteiger partial charge in [0.05, 0.1) is 22.3 Å². The average Bonchev–Trinajstić information content (AvgIpc) is 2.79. The second-order valence-electron chi connectivity index (χ2n) is 9.96. The fourth-order valence-electron chi connectivity index (χ4n) is 5.01. The Bertz CT molecular complexity index is 1060. The average molecular weight is 508 g/mol. The zero-order valence-corrected chi connectivity index (χ0v) is 21.2. The van der Waals surface area contributed by atoms with Crippen LogP contribution in [0.2, 0.25) is 0 Å². The molecule has 2 aliphatic rings. The van der Waals surface area contributed by atoms with Crippen molar-refractivity contribution in [3.63, 3.8) is 0 Å². The molecule has 0 saturated carbocycles. The van der Waals surface area contributed by atoms with E-state index in [1.54, 1.807) is 12.1 Å². The van der Waals surface area contributed by atoms with E-state index in [-0.39, 0.29) is 23.2 Å². The molecule has 4 unspecified atom stereocenters. The molecule has 35 heavy (non-hydrogen) atoms. The molecule has 0 bridgehead atoms. The third kappa shape index (κ3) is 6.65. The number of carbonyl (C=O) groups excluding carboxylic acids is 1. The van der Waals surface area contributed by atoms with Crippen LogP contribution in [0.1, 0.15) is 45.1 Å². The lowest BCUT2D eigenvalue weighted by molar-refractivity contribution is -0.154. The van der Waals surface area contributed by atoms with E-state index >= 15 is 0 Å². The van der Waals surface area contributed by atoms with E-state index in [0.29, 0.717) is 50.5 Å². The molecule has 1 aromatic rings. The number of para-hydroxylation sites is 1. The monoisotopic (exact) mass is 507 g/mol. The van der Waals surface area contributed by atoms with E-state index < -0.39 is 39.4 Å². The van der Waals surface area contributed by atoms with Crippen LogP contribution < -0.4 is 16.4 Å². The van der Waals surface area contributed by atoms with Crippen LogP contribution in [-0.2, 0) is 25.8 Å². The highest BCUT2D eigenvalue weighted by Crippen LogP contribution is 2.33. The number of piperidine rings is 1. The number of amides is 1. The molecule has 4 atom stereocenters. The third-order valence-corrected chi connectivity index (χ3v) is 8.74. The Morgan fingerprint density at radius 3 is 2.74 bits per heavy atom. The topological polar surface area (TPSA) is 166 Å². The minimum absolute atomic E-state index is 0.173. The molecule has 0 spiro atoms. The number of hydrogen-bond acceptors (Lipinski definition) is 6. The van der Waals surface area contributed by atoms with Crippen molar-refractivity contribution < 1.29 is 23.1 Å². The first-order valence-corrected chi connectivity index (χ1v) is 13.8. The molecule has 1 fully saturated rings. The van der Waals surface area contributed by atoms with Crippen LogP contribution in [0.5, 0.6) is 0 Å². The maximum absolute atomic E-state index is 13.6. The van der Waals surface area contributed by atoms with Gasteiger partial charge in [0.15, 0.2) is 15.8 Å². The maximum Gasteiger partial charge on any atom is 0.326 e. The van der Waals surface area contributed by atoms with E-state index in [1.807, 2.05) is 13.0 Å². The first-order chi connectivity index (χ1) is 16.5. The first-order valence-electron chi connectivity index (χ1n) is 12.2. The van der Waals surface area contributed by atoms with Gasteiger partial charge < -0.3 is 26.4 Å². The molecule has 6 N–H and O–H groups in total. The van der Waals surface area contributed by atoms with E-state index in [0.717, 1.165) is 12.0 Å². The molecule has 11 heteroatoms. The van der Waals surface area contributed by atoms with Crippen LogP contribution in [-0.4, -0.2) is 67.7 Å². The molecule has 1 aromatic carbocycles. The number of benzene rings is 1. The second kappa shape index (κ2) is 11.3. The van der Waals surface area contributed by atoms with Crippen LogP contribution in [0, 0.1) is 23.2 Å². The van der Waals surface area contributed by atoms with Gasteiger partial charge in [0.1, 0.15) is 6.04 Å². The molecular weight excluding hydrogens is 470 g/mol. The van der Waals surface area contributed by atoms with Crippen LogP contribution in [0.15, 0.2) is 23.1 Å². The number of rotatable bonds is 9. The van der Waals surface area contributed by atoms with E-state index in [2.05, 4.69) is 17.6 Å². The summed E-state index contributed by atoms with van der Waals surface area (Å²) in [5, 5.41) is 22.9. The predicted molar refractivity (Wildman–Crippen MR) is 134 cm³/mol. The van der Waals surface area contributed by atoms with Gasteiger partial charge in [0.25, 0.3) is 0 Å². The molecule has 2 aliphatic heterocycles. The maximum atomic E-state index is 13.6. The lowest BCUT2D eigenvalue weighted by atomic mass is 9.90. The van der Waals surface area contributed by atoms with Crippen molar-refractivity contribution in [2.24, 2.45) is 23.5 Å². The van der Waals surface area contributed by atoms with Gasteiger partial charge in [-0.15, -0.1) is 0 Å². The quantitative estimate of drug-likeness (QED) is 0.191. The van der Waals surface area contributed by atoms with Gasteiger partial charge in [0.2, 0.25) is 5.91 Å². The fraction of sp³-hybridized carbons (Fsp3) is 0.625. The van der Waals surface area contributed by atoms with Crippen molar-refractivity contribution in [1.82, 2.24) is 10.2 Å². The highest BCUT2D eigenvalue weighted by Gasteiger charge is 2.39. The van der Waals surface area contributed by atoms with Gasteiger partial charge >= 0.3 is 5.97 Å². The Balaban J connectivity index is 1.87. The third-order valence-electron chi connectivity index (χ3n) is 6.89. The van der Waals surface area contributed by atoms with Gasteiger partial charge in [-0.1, -0.05) is 26.0 Å². The molecule has 0 radical (unpaired) electrons. The molecular formula is C24H37N5O5S. The minimum atomic E-state index is -3.85. The number of nitrogens with one attached hydrogen (secondary N) is 3.